The summed E-state index contributed by atoms with van der Waals surface area (Å²) in [5, 5.41) is 10.8. The highest BCUT2D eigenvalue weighted by molar-refractivity contribution is 9.10. The van der Waals surface area contributed by atoms with Gasteiger partial charge >= 0.3 is 5.76 Å². The fraction of sp³-hybridized carbons (Fsp3) is 0.440. The number of aromatic nitrogens is 4. The van der Waals surface area contributed by atoms with Crippen molar-refractivity contribution in [1.82, 2.24) is 34.6 Å². The molecular formula is C50H59BrFN10O6P. The molecule has 0 aliphatic carbocycles. The Morgan fingerprint density at radius 3 is 2.41 bits per heavy atom. The van der Waals surface area contributed by atoms with Crippen LogP contribution in [0, 0.1) is 5.82 Å². The molecule has 6 heterocycles. The summed E-state index contributed by atoms with van der Waals surface area (Å²) < 4.78 is 42.8. The zero-order chi connectivity index (χ0) is 48.6. The van der Waals surface area contributed by atoms with Crippen molar-refractivity contribution in [3.8, 4) is 5.75 Å². The molecule has 1 atom stereocenters. The number of aryl methyl sites for hydroxylation is 2. The minimum absolute atomic E-state index is 0.113. The van der Waals surface area contributed by atoms with Gasteiger partial charge in [-0.25, -0.2) is 14.2 Å². The topological polar surface area (TPSA) is 180 Å². The second kappa shape index (κ2) is 20.3. The van der Waals surface area contributed by atoms with Gasteiger partial charge in [0.1, 0.15) is 30.6 Å². The Kier molecular flexibility index (Phi) is 14.3. The number of fused-ring (bicyclic) bond motifs is 2. The number of carbonyl (C=O) groups is 2. The van der Waals surface area contributed by atoms with E-state index < -0.39 is 30.7 Å². The number of nitrogens with zero attached hydrogens (tertiary/aromatic N) is 7. The van der Waals surface area contributed by atoms with Crippen LogP contribution in [0.5, 0.6) is 5.75 Å². The number of carbonyl (C=O) groups excluding carboxylic acids is 2. The van der Waals surface area contributed by atoms with Gasteiger partial charge in [-0.2, -0.15) is 4.98 Å². The first-order valence-electron chi connectivity index (χ1n) is 23.9. The SMILES string of the molecule is CCOc1cc(N2CCC(N3CCN(CCc4c(F)ccc5c4oc(=O)n5C4CCC(=O)NC4=O)CC3)CC2)c(CC)cc1Nc1ncc(Br)c(Nc2ccc3nc(CC)ccc3c2P(C)(C)=O)n1. The molecule has 3 aliphatic rings. The van der Waals surface area contributed by atoms with Gasteiger partial charge in [0.25, 0.3) is 0 Å². The van der Waals surface area contributed by atoms with Crippen molar-refractivity contribution in [3.63, 3.8) is 0 Å². The Labute approximate surface area is 408 Å². The molecular weight excluding hydrogens is 966 g/mol. The third kappa shape index (κ3) is 10.2. The summed E-state index contributed by atoms with van der Waals surface area (Å²) in [7, 11) is -2.76. The number of hydrogen-bond acceptors (Lipinski definition) is 14. The molecule has 3 aromatic heterocycles. The van der Waals surface area contributed by atoms with Crippen molar-refractivity contribution in [2.24, 2.45) is 0 Å². The summed E-state index contributed by atoms with van der Waals surface area (Å²) >= 11 is 3.63. The second-order valence-electron chi connectivity index (χ2n) is 18.4. The summed E-state index contributed by atoms with van der Waals surface area (Å²) in [6.07, 6.45) is 6.01. The third-order valence-electron chi connectivity index (χ3n) is 13.7. The Bertz CT molecular complexity index is 3030. The lowest BCUT2D eigenvalue weighted by atomic mass is 9.99. The fourth-order valence-electron chi connectivity index (χ4n) is 10.1. The minimum atomic E-state index is -2.76. The van der Waals surface area contributed by atoms with E-state index in [9.17, 15) is 18.9 Å². The molecule has 0 saturated carbocycles. The van der Waals surface area contributed by atoms with Crippen molar-refractivity contribution in [2.75, 3.05) is 81.3 Å². The first kappa shape index (κ1) is 48.3. The molecule has 1 unspecified atom stereocenters. The number of rotatable bonds is 15. The molecule has 0 bridgehead atoms. The maximum absolute atomic E-state index is 15.3. The van der Waals surface area contributed by atoms with E-state index in [1.54, 1.807) is 19.5 Å². The smallest absolute Gasteiger partial charge is 0.420 e. The number of anilines is 5. The van der Waals surface area contributed by atoms with Gasteiger partial charge in [-0.1, -0.05) is 19.9 Å². The lowest BCUT2D eigenvalue weighted by Gasteiger charge is -2.43. The number of imide groups is 1. The van der Waals surface area contributed by atoms with Crippen LogP contribution in [0.1, 0.15) is 69.3 Å². The number of pyridine rings is 1. The first-order valence-corrected chi connectivity index (χ1v) is 27.3. The van der Waals surface area contributed by atoms with E-state index in [0.29, 0.717) is 64.4 Å². The van der Waals surface area contributed by atoms with Crippen LogP contribution in [0.2, 0.25) is 0 Å². The van der Waals surface area contributed by atoms with Crippen LogP contribution in [-0.2, 0) is 33.4 Å². The van der Waals surface area contributed by atoms with E-state index >= 15 is 4.39 Å². The van der Waals surface area contributed by atoms with Crippen molar-refractivity contribution in [1.29, 1.82) is 0 Å². The highest BCUT2D eigenvalue weighted by Gasteiger charge is 2.33. The lowest BCUT2D eigenvalue weighted by Crippen LogP contribution is -2.53. The van der Waals surface area contributed by atoms with Crippen molar-refractivity contribution in [3.05, 3.63) is 92.4 Å². The number of piperazine rings is 1. The molecule has 16 nitrogen and oxygen atoms in total. The Hall–Kier alpha value is -5.68. The van der Waals surface area contributed by atoms with E-state index in [0.717, 1.165) is 98.2 Å². The molecule has 3 saturated heterocycles. The van der Waals surface area contributed by atoms with Crippen LogP contribution >= 0.6 is 23.1 Å². The van der Waals surface area contributed by atoms with Crippen molar-refractivity contribution < 1.29 is 27.7 Å². The van der Waals surface area contributed by atoms with E-state index in [-0.39, 0.29) is 24.3 Å². The molecule has 19 heteroatoms. The van der Waals surface area contributed by atoms with Crippen LogP contribution in [0.4, 0.5) is 33.2 Å². The number of piperidine rings is 2. The van der Waals surface area contributed by atoms with Crippen LogP contribution in [-0.4, -0.2) is 113 Å². The lowest BCUT2D eigenvalue weighted by molar-refractivity contribution is -0.135. The molecule has 3 aromatic carbocycles. The molecule has 3 aliphatic heterocycles. The molecule has 6 aromatic rings. The quantitative estimate of drug-likeness (QED) is 0.0668. The molecule has 3 N–H and O–H groups in total. The number of benzene rings is 3. The Balaban J connectivity index is 0.831. The van der Waals surface area contributed by atoms with E-state index in [1.807, 2.05) is 31.2 Å². The molecule has 2 amide bonds. The van der Waals surface area contributed by atoms with E-state index in [2.05, 4.69) is 77.5 Å². The number of ether oxygens (including phenoxy) is 1. The van der Waals surface area contributed by atoms with Gasteiger partial charge in [0.2, 0.25) is 17.8 Å². The number of hydrogen-bond donors (Lipinski definition) is 3. The number of nitrogens with one attached hydrogen (secondary N) is 3. The number of oxazole rings is 1. The molecule has 9 rings (SSSR count). The average Bonchev–Trinajstić information content (AvgIpc) is 3.67. The second-order valence-corrected chi connectivity index (χ2v) is 22.4. The summed E-state index contributed by atoms with van der Waals surface area (Å²) in [5.74, 6) is -0.512. The van der Waals surface area contributed by atoms with Gasteiger partial charge in [-0.05, 0) is 117 Å². The highest BCUT2D eigenvalue weighted by Crippen LogP contribution is 2.43. The normalized spacial score (nSPS) is 17.7. The van der Waals surface area contributed by atoms with Crippen LogP contribution in [0.15, 0.2) is 68.4 Å². The van der Waals surface area contributed by atoms with Gasteiger partial charge in [0.05, 0.1) is 33.5 Å². The molecule has 0 spiro atoms. The Morgan fingerprint density at radius 1 is 0.913 bits per heavy atom. The summed E-state index contributed by atoms with van der Waals surface area (Å²) in [6.45, 7) is 16.1. The minimum Gasteiger partial charge on any atom is -0.492 e. The standard InChI is InChI=1S/C50H59BrFN10O6P/c1-6-30-27-39(56-49-53-29-35(51)47(58-49)55-38-13-12-37-34(46(38)69(4,5)66)10-9-31(7-2)54-37)43(67-8-3)28-42(30)61-21-17-32(18-22-61)60-25-23-59(24-26-60)20-19-33-36(52)11-14-40-45(33)68-50(65)62(40)41-15-16-44(63)57-48(41)64/h9-14,27-29,32,41H,6-8,15-26H2,1-5H3,(H,57,63,64)(H2,53,55,56,58). The maximum atomic E-state index is 15.3. The zero-order valence-corrected chi connectivity index (χ0v) is 42.2. The number of halogens is 2. The summed E-state index contributed by atoms with van der Waals surface area (Å²) in [4.78, 5) is 58.9. The van der Waals surface area contributed by atoms with Crippen LogP contribution in [0.25, 0.3) is 22.0 Å². The van der Waals surface area contributed by atoms with Gasteiger partial charge in [-0.3, -0.25) is 29.4 Å². The monoisotopic (exact) mass is 1020 g/mol. The molecule has 69 heavy (non-hydrogen) atoms. The van der Waals surface area contributed by atoms with Crippen molar-refractivity contribution >= 4 is 91.0 Å². The largest absolute Gasteiger partial charge is 0.492 e. The van der Waals surface area contributed by atoms with Gasteiger partial charge in [0.15, 0.2) is 5.58 Å². The van der Waals surface area contributed by atoms with Gasteiger partial charge in [0, 0.05) is 98.2 Å². The molecule has 0 radical (unpaired) electrons. The fourth-order valence-corrected chi connectivity index (χ4v) is 11.9. The summed E-state index contributed by atoms with van der Waals surface area (Å²) in [6, 6.07) is 14.5. The molecule has 364 valence electrons. The summed E-state index contributed by atoms with van der Waals surface area (Å²) in [5.41, 5.74) is 6.43. The predicted molar refractivity (Wildman–Crippen MR) is 272 cm³/mol. The predicted octanol–water partition coefficient (Wildman–Crippen LogP) is 7.90. The molecule has 3 fully saturated rings. The zero-order valence-electron chi connectivity index (χ0n) is 39.7. The Morgan fingerprint density at radius 2 is 1.70 bits per heavy atom. The van der Waals surface area contributed by atoms with Crippen LogP contribution in [0.3, 0.4) is 0 Å². The van der Waals surface area contributed by atoms with Crippen LogP contribution < -0.4 is 36.6 Å². The number of amides is 2. The van der Waals surface area contributed by atoms with E-state index in [4.69, 9.17) is 19.1 Å². The maximum Gasteiger partial charge on any atom is 0.420 e. The average molecular weight is 1030 g/mol. The van der Waals surface area contributed by atoms with Gasteiger partial charge < -0.3 is 34.2 Å². The third-order valence-corrected chi connectivity index (χ3v) is 15.8. The highest BCUT2D eigenvalue weighted by atomic mass is 79.9. The first-order chi connectivity index (χ1) is 33.2. The van der Waals surface area contributed by atoms with Gasteiger partial charge in [-0.15, -0.1) is 0 Å². The van der Waals surface area contributed by atoms with Crippen molar-refractivity contribution in [2.45, 2.75) is 77.8 Å². The van der Waals surface area contributed by atoms with E-state index in [1.165, 1.54) is 22.3 Å².